The highest BCUT2D eigenvalue weighted by molar-refractivity contribution is 5.72. The molecule has 1 heterocycles. The van der Waals surface area contributed by atoms with E-state index in [0.29, 0.717) is 12.0 Å². The average molecular weight is 185 g/mol. The Labute approximate surface area is 77.5 Å². The first kappa shape index (κ1) is 8.97. The predicted molar refractivity (Wildman–Crippen MR) is 46.5 cm³/mol. The van der Waals surface area contributed by atoms with Crippen LogP contribution < -0.4 is 0 Å². The lowest BCUT2D eigenvalue weighted by Crippen LogP contribution is -2.52. The number of rotatable bonds is 4. The van der Waals surface area contributed by atoms with Crippen LogP contribution in [-0.2, 0) is 9.53 Å². The van der Waals surface area contributed by atoms with Gasteiger partial charge in [-0.25, -0.2) is 4.79 Å². The van der Waals surface area contributed by atoms with E-state index in [9.17, 15) is 4.79 Å². The van der Waals surface area contributed by atoms with Crippen LogP contribution in [0.2, 0.25) is 0 Å². The standard InChI is InChI=1S/C9H15NO3/c1-13-7(8(11)12)4-10-5-9(6-10)2-3-9/h7H,2-6H2,1H3,(H,11,12). The van der Waals surface area contributed by atoms with Crippen molar-refractivity contribution in [1.82, 2.24) is 4.90 Å². The number of carbonyl (C=O) groups is 1. The zero-order chi connectivity index (χ0) is 9.47. The average Bonchev–Trinajstić information content (AvgIpc) is 2.77. The molecule has 1 aliphatic heterocycles. The van der Waals surface area contributed by atoms with Gasteiger partial charge in [0.25, 0.3) is 0 Å². The molecule has 13 heavy (non-hydrogen) atoms. The second-order valence-electron chi connectivity index (χ2n) is 4.23. The van der Waals surface area contributed by atoms with Gasteiger partial charge >= 0.3 is 5.97 Å². The van der Waals surface area contributed by atoms with Crippen molar-refractivity contribution >= 4 is 5.97 Å². The maximum absolute atomic E-state index is 10.6. The molecule has 1 N–H and O–H groups in total. The first-order valence-corrected chi connectivity index (χ1v) is 4.63. The minimum absolute atomic E-state index is 0.535. The third-order valence-electron chi connectivity index (χ3n) is 3.06. The van der Waals surface area contributed by atoms with Crippen molar-refractivity contribution in [1.29, 1.82) is 0 Å². The third kappa shape index (κ3) is 1.69. The molecule has 74 valence electrons. The normalized spacial score (nSPS) is 26.8. The Kier molecular flexibility index (Phi) is 2.04. The number of aliphatic carboxylic acids is 1. The highest BCUT2D eigenvalue weighted by Crippen LogP contribution is 2.52. The number of hydrogen-bond donors (Lipinski definition) is 1. The molecule has 1 saturated heterocycles. The van der Waals surface area contributed by atoms with Crippen molar-refractivity contribution in [3.63, 3.8) is 0 Å². The van der Waals surface area contributed by atoms with E-state index in [-0.39, 0.29) is 0 Å². The molecule has 1 atom stereocenters. The van der Waals surface area contributed by atoms with Crippen LogP contribution in [0.5, 0.6) is 0 Å². The Morgan fingerprint density at radius 1 is 1.62 bits per heavy atom. The van der Waals surface area contributed by atoms with E-state index in [0.717, 1.165) is 13.1 Å². The van der Waals surface area contributed by atoms with E-state index in [1.54, 1.807) is 0 Å². The molecule has 0 amide bonds. The van der Waals surface area contributed by atoms with Gasteiger partial charge in [-0.15, -0.1) is 0 Å². The highest BCUT2D eigenvalue weighted by Gasteiger charge is 2.52. The van der Waals surface area contributed by atoms with Gasteiger partial charge in [0.2, 0.25) is 0 Å². The molecule has 1 unspecified atom stereocenters. The quantitative estimate of drug-likeness (QED) is 0.679. The number of methoxy groups -OCH3 is 1. The van der Waals surface area contributed by atoms with Gasteiger partial charge in [0, 0.05) is 26.7 Å². The molecule has 2 aliphatic rings. The zero-order valence-corrected chi connectivity index (χ0v) is 7.82. The Balaban J connectivity index is 1.74. The topological polar surface area (TPSA) is 49.8 Å². The van der Waals surface area contributed by atoms with E-state index in [4.69, 9.17) is 9.84 Å². The van der Waals surface area contributed by atoms with Crippen LogP contribution >= 0.6 is 0 Å². The number of carboxylic acids is 1. The van der Waals surface area contributed by atoms with Gasteiger partial charge in [0.05, 0.1) is 0 Å². The van der Waals surface area contributed by atoms with Crippen molar-refractivity contribution in [2.45, 2.75) is 18.9 Å². The molecule has 1 spiro atoms. The Bertz CT molecular complexity index is 217. The molecule has 2 fully saturated rings. The number of carboxylic acid groups (broad SMARTS) is 1. The van der Waals surface area contributed by atoms with Crippen LogP contribution in [0.25, 0.3) is 0 Å². The molecule has 1 saturated carbocycles. The lowest BCUT2D eigenvalue weighted by atomic mass is 9.96. The molecule has 4 nitrogen and oxygen atoms in total. The summed E-state index contributed by atoms with van der Waals surface area (Å²) in [5, 5.41) is 8.74. The number of hydrogen-bond acceptors (Lipinski definition) is 3. The van der Waals surface area contributed by atoms with Crippen LogP contribution in [0.1, 0.15) is 12.8 Å². The van der Waals surface area contributed by atoms with Gasteiger partial charge in [0.15, 0.2) is 6.10 Å². The van der Waals surface area contributed by atoms with Crippen LogP contribution in [0, 0.1) is 5.41 Å². The molecule has 0 radical (unpaired) electrons. The second kappa shape index (κ2) is 2.96. The SMILES string of the molecule is COC(CN1CC2(CC2)C1)C(=O)O. The minimum Gasteiger partial charge on any atom is -0.479 e. The largest absolute Gasteiger partial charge is 0.479 e. The van der Waals surface area contributed by atoms with Gasteiger partial charge in [-0.3, -0.25) is 4.90 Å². The summed E-state index contributed by atoms with van der Waals surface area (Å²) in [5.74, 6) is -0.862. The predicted octanol–water partition coefficient (Wildman–Crippen LogP) is 0.182. The molecule has 0 bridgehead atoms. The number of ether oxygens (including phenoxy) is 1. The van der Waals surface area contributed by atoms with Crippen molar-refractivity contribution in [2.24, 2.45) is 5.41 Å². The molecular formula is C9H15NO3. The Morgan fingerprint density at radius 2 is 2.23 bits per heavy atom. The smallest absolute Gasteiger partial charge is 0.334 e. The maximum Gasteiger partial charge on any atom is 0.334 e. The van der Waals surface area contributed by atoms with E-state index in [2.05, 4.69) is 4.90 Å². The van der Waals surface area contributed by atoms with Crippen LogP contribution in [0.15, 0.2) is 0 Å². The fourth-order valence-corrected chi connectivity index (χ4v) is 2.01. The van der Waals surface area contributed by atoms with Crippen molar-refractivity contribution in [3.8, 4) is 0 Å². The molecule has 4 heteroatoms. The fourth-order valence-electron chi connectivity index (χ4n) is 2.01. The molecule has 0 aromatic heterocycles. The monoisotopic (exact) mass is 185 g/mol. The van der Waals surface area contributed by atoms with E-state index >= 15 is 0 Å². The van der Waals surface area contributed by atoms with Gasteiger partial charge < -0.3 is 9.84 Å². The summed E-state index contributed by atoms with van der Waals surface area (Å²) < 4.78 is 4.87. The van der Waals surface area contributed by atoms with Gasteiger partial charge in [-0.1, -0.05) is 0 Å². The summed E-state index contributed by atoms with van der Waals surface area (Å²) in [4.78, 5) is 12.8. The summed E-state index contributed by atoms with van der Waals surface area (Å²) in [5.41, 5.74) is 0.594. The lowest BCUT2D eigenvalue weighted by molar-refractivity contribution is -0.151. The summed E-state index contributed by atoms with van der Waals surface area (Å²) in [7, 11) is 1.45. The molecular weight excluding hydrogens is 170 g/mol. The van der Waals surface area contributed by atoms with Gasteiger partial charge in [-0.05, 0) is 18.3 Å². The van der Waals surface area contributed by atoms with Crippen molar-refractivity contribution in [2.75, 3.05) is 26.7 Å². The molecule has 0 aromatic rings. The number of nitrogens with zero attached hydrogens (tertiary/aromatic N) is 1. The van der Waals surface area contributed by atoms with Crippen molar-refractivity contribution < 1.29 is 14.6 Å². The maximum atomic E-state index is 10.6. The summed E-state index contributed by atoms with van der Waals surface area (Å²) in [6.45, 7) is 2.67. The number of likely N-dealkylation sites (tertiary alicyclic amines) is 1. The molecule has 0 aromatic carbocycles. The Hall–Kier alpha value is -0.610. The third-order valence-corrected chi connectivity index (χ3v) is 3.06. The highest BCUT2D eigenvalue weighted by atomic mass is 16.5. The van der Waals surface area contributed by atoms with Gasteiger partial charge in [0.1, 0.15) is 0 Å². The van der Waals surface area contributed by atoms with Crippen LogP contribution in [0.4, 0.5) is 0 Å². The van der Waals surface area contributed by atoms with E-state index in [1.807, 2.05) is 0 Å². The second-order valence-corrected chi connectivity index (χ2v) is 4.23. The first-order chi connectivity index (χ1) is 6.15. The zero-order valence-electron chi connectivity index (χ0n) is 7.82. The summed E-state index contributed by atoms with van der Waals surface area (Å²) in [6, 6.07) is 0. The molecule has 1 aliphatic carbocycles. The lowest BCUT2D eigenvalue weighted by Gasteiger charge is -2.40. The minimum atomic E-state index is -0.862. The van der Waals surface area contributed by atoms with Crippen LogP contribution in [-0.4, -0.2) is 48.8 Å². The summed E-state index contributed by atoms with van der Waals surface area (Å²) in [6.07, 6.45) is 2.00. The van der Waals surface area contributed by atoms with E-state index < -0.39 is 12.1 Å². The Morgan fingerprint density at radius 3 is 2.62 bits per heavy atom. The van der Waals surface area contributed by atoms with E-state index in [1.165, 1.54) is 20.0 Å². The summed E-state index contributed by atoms with van der Waals surface area (Å²) >= 11 is 0. The van der Waals surface area contributed by atoms with Crippen LogP contribution in [0.3, 0.4) is 0 Å². The molecule has 2 rings (SSSR count). The first-order valence-electron chi connectivity index (χ1n) is 4.63. The van der Waals surface area contributed by atoms with Crippen molar-refractivity contribution in [3.05, 3.63) is 0 Å². The van der Waals surface area contributed by atoms with Gasteiger partial charge in [-0.2, -0.15) is 0 Å². The fraction of sp³-hybridized carbons (Fsp3) is 0.889.